The summed E-state index contributed by atoms with van der Waals surface area (Å²) in [4.78, 5) is 38.5. The first kappa shape index (κ1) is 16.1. The highest BCUT2D eigenvalue weighted by Crippen LogP contribution is 2.20. The quantitative estimate of drug-likeness (QED) is 0.369. The van der Waals surface area contributed by atoms with Crippen molar-refractivity contribution >= 4 is 40.7 Å². The van der Waals surface area contributed by atoms with Gasteiger partial charge in [-0.05, 0) is 13.2 Å². The maximum atomic E-state index is 11.8. The lowest BCUT2D eigenvalue weighted by molar-refractivity contribution is -0.123. The molecule has 2 atom stereocenters. The fraction of sp³-hybridized carbons (Fsp3) is 0.364. The summed E-state index contributed by atoms with van der Waals surface area (Å²) in [6.45, 7) is 1.35. The van der Waals surface area contributed by atoms with Crippen LogP contribution in [0.15, 0.2) is 11.5 Å². The van der Waals surface area contributed by atoms with E-state index in [2.05, 4.69) is 25.3 Å². The lowest BCUT2D eigenvalue weighted by Gasteiger charge is -2.14. The van der Waals surface area contributed by atoms with E-state index in [4.69, 9.17) is 5.73 Å². The molecule has 118 valence electrons. The highest BCUT2D eigenvalue weighted by Gasteiger charge is 2.21. The third-order valence-electron chi connectivity index (χ3n) is 2.74. The molecule has 0 saturated carbocycles. The predicted octanol–water partition coefficient (Wildman–Crippen LogP) is -0.569. The standard InChI is InChI=1S/C11H15N7O3S/c1-4(19)5(12)9(20)18-10(21)15-8-6-7(14-3-13-6)16-11(17-8)22-2/h3-5,19H,12H2,1-2H3,(H3,13,14,15,16,17,18,20,21). The maximum absolute atomic E-state index is 11.8. The van der Waals surface area contributed by atoms with E-state index in [1.165, 1.54) is 25.0 Å². The van der Waals surface area contributed by atoms with Gasteiger partial charge in [-0.25, -0.2) is 19.7 Å². The molecule has 2 heterocycles. The molecule has 2 rings (SSSR count). The van der Waals surface area contributed by atoms with Gasteiger partial charge in [0.05, 0.1) is 12.4 Å². The average molecular weight is 325 g/mol. The minimum Gasteiger partial charge on any atom is -0.391 e. The van der Waals surface area contributed by atoms with Gasteiger partial charge in [0.25, 0.3) is 0 Å². The monoisotopic (exact) mass is 325 g/mol. The number of aromatic nitrogens is 4. The number of nitrogens with two attached hydrogens (primary N) is 1. The van der Waals surface area contributed by atoms with Crippen molar-refractivity contribution in [2.75, 3.05) is 11.6 Å². The molecule has 2 aromatic heterocycles. The summed E-state index contributed by atoms with van der Waals surface area (Å²) in [5.74, 6) is -0.615. The Hall–Kier alpha value is -2.24. The van der Waals surface area contributed by atoms with Crippen LogP contribution in [0.5, 0.6) is 0 Å². The molecule has 2 unspecified atom stereocenters. The molecule has 0 spiro atoms. The number of amides is 3. The number of imidazole rings is 1. The second kappa shape index (κ2) is 6.68. The van der Waals surface area contributed by atoms with Gasteiger partial charge in [-0.3, -0.25) is 15.4 Å². The van der Waals surface area contributed by atoms with E-state index in [-0.39, 0.29) is 5.82 Å². The lowest BCUT2D eigenvalue weighted by atomic mass is 10.2. The number of rotatable bonds is 4. The van der Waals surface area contributed by atoms with Gasteiger partial charge in [0.2, 0.25) is 5.91 Å². The van der Waals surface area contributed by atoms with Crippen molar-refractivity contribution < 1.29 is 14.7 Å². The SMILES string of the molecule is CSc1nc(NC(=O)NC(=O)C(N)C(C)O)c2[nH]cnc2n1. The molecule has 0 aliphatic heterocycles. The highest BCUT2D eigenvalue weighted by atomic mass is 32.2. The van der Waals surface area contributed by atoms with Gasteiger partial charge in [-0.2, -0.15) is 0 Å². The molecule has 6 N–H and O–H groups in total. The Morgan fingerprint density at radius 2 is 2.18 bits per heavy atom. The van der Waals surface area contributed by atoms with Crippen LogP contribution in [0.2, 0.25) is 0 Å². The topological polar surface area (TPSA) is 159 Å². The number of imide groups is 1. The zero-order valence-corrected chi connectivity index (χ0v) is 12.6. The number of hydrogen-bond donors (Lipinski definition) is 5. The van der Waals surface area contributed by atoms with Crippen LogP contribution in [0.1, 0.15) is 6.92 Å². The number of H-pyrrole nitrogens is 1. The minimum atomic E-state index is -1.20. The van der Waals surface area contributed by atoms with Crippen LogP contribution in [0.25, 0.3) is 11.2 Å². The first-order valence-electron chi connectivity index (χ1n) is 6.23. The summed E-state index contributed by atoms with van der Waals surface area (Å²) < 4.78 is 0. The van der Waals surface area contributed by atoms with Crippen molar-refractivity contribution in [3.8, 4) is 0 Å². The fourth-order valence-corrected chi connectivity index (χ4v) is 1.91. The summed E-state index contributed by atoms with van der Waals surface area (Å²) in [6, 6.07) is -2.02. The molecule has 0 radical (unpaired) electrons. The van der Waals surface area contributed by atoms with Gasteiger partial charge < -0.3 is 15.8 Å². The van der Waals surface area contributed by atoms with Gasteiger partial charge in [0, 0.05) is 0 Å². The number of carbonyl (C=O) groups is 2. The van der Waals surface area contributed by atoms with Crippen LogP contribution in [0.3, 0.4) is 0 Å². The van der Waals surface area contributed by atoms with Gasteiger partial charge in [-0.15, -0.1) is 0 Å². The number of nitrogens with zero attached hydrogens (tertiary/aromatic N) is 3. The van der Waals surface area contributed by atoms with Crippen LogP contribution in [-0.2, 0) is 4.79 Å². The second-order valence-corrected chi connectivity index (χ2v) is 5.14. The Kier molecular flexibility index (Phi) is 4.90. The van der Waals surface area contributed by atoms with Crippen molar-refractivity contribution in [1.82, 2.24) is 25.3 Å². The molecule has 2 aromatic rings. The van der Waals surface area contributed by atoms with E-state index in [9.17, 15) is 14.7 Å². The number of thioether (sulfide) groups is 1. The summed E-state index contributed by atoms with van der Waals surface area (Å²) in [5.41, 5.74) is 6.26. The Balaban J connectivity index is 2.15. The number of anilines is 1. The number of fused-ring (bicyclic) bond motifs is 1. The number of nitrogens with one attached hydrogen (secondary N) is 3. The number of aliphatic hydroxyl groups is 1. The maximum Gasteiger partial charge on any atom is 0.327 e. The zero-order valence-electron chi connectivity index (χ0n) is 11.8. The zero-order chi connectivity index (χ0) is 16.3. The third-order valence-corrected chi connectivity index (χ3v) is 3.29. The van der Waals surface area contributed by atoms with Crippen molar-refractivity contribution in [3.63, 3.8) is 0 Å². The van der Waals surface area contributed by atoms with Crippen LogP contribution < -0.4 is 16.4 Å². The van der Waals surface area contributed by atoms with Gasteiger partial charge >= 0.3 is 6.03 Å². The Morgan fingerprint density at radius 1 is 1.45 bits per heavy atom. The van der Waals surface area contributed by atoms with E-state index in [1.54, 1.807) is 6.26 Å². The van der Waals surface area contributed by atoms with Crippen LogP contribution in [0, 0.1) is 0 Å². The van der Waals surface area contributed by atoms with Crippen molar-refractivity contribution in [3.05, 3.63) is 6.33 Å². The van der Waals surface area contributed by atoms with E-state index in [1.807, 2.05) is 5.32 Å². The normalized spacial score (nSPS) is 13.6. The first-order valence-corrected chi connectivity index (χ1v) is 7.45. The lowest BCUT2D eigenvalue weighted by Crippen LogP contribution is -2.50. The number of urea groups is 1. The molecular weight excluding hydrogens is 310 g/mol. The summed E-state index contributed by atoms with van der Waals surface area (Å²) in [7, 11) is 0. The van der Waals surface area contributed by atoms with Crippen LogP contribution >= 0.6 is 11.8 Å². The molecule has 22 heavy (non-hydrogen) atoms. The molecule has 0 bridgehead atoms. The van der Waals surface area contributed by atoms with Gasteiger partial charge in [0.1, 0.15) is 11.6 Å². The Morgan fingerprint density at radius 3 is 2.82 bits per heavy atom. The number of aromatic amines is 1. The average Bonchev–Trinajstić information content (AvgIpc) is 2.94. The third kappa shape index (κ3) is 3.50. The Bertz CT molecular complexity index is 702. The molecule has 3 amide bonds. The number of carbonyl (C=O) groups excluding carboxylic acids is 2. The molecule has 0 saturated heterocycles. The van der Waals surface area contributed by atoms with Crippen LogP contribution in [-0.4, -0.2) is 55.4 Å². The second-order valence-electron chi connectivity index (χ2n) is 4.37. The van der Waals surface area contributed by atoms with E-state index >= 15 is 0 Å². The minimum absolute atomic E-state index is 0.183. The molecule has 0 fully saturated rings. The molecule has 11 heteroatoms. The molecular formula is C11H15N7O3S. The smallest absolute Gasteiger partial charge is 0.327 e. The van der Waals surface area contributed by atoms with Gasteiger partial charge in [0.15, 0.2) is 16.6 Å². The fourth-order valence-electron chi connectivity index (χ4n) is 1.55. The molecule has 0 aromatic carbocycles. The van der Waals surface area contributed by atoms with Gasteiger partial charge in [-0.1, -0.05) is 11.8 Å². The first-order chi connectivity index (χ1) is 10.4. The largest absolute Gasteiger partial charge is 0.391 e. The Labute approximate surface area is 129 Å². The van der Waals surface area contributed by atoms with Crippen molar-refractivity contribution in [1.29, 1.82) is 0 Å². The van der Waals surface area contributed by atoms with E-state index in [0.29, 0.717) is 16.3 Å². The summed E-state index contributed by atoms with van der Waals surface area (Å²) in [5, 5.41) is 14.1. The molecule has 10 nitrogen and oxygen atoms in total. The highest BCUT2D eigenvalue weighted by molar-refractivity contribution is 7.98. The van der Waals surface area contributed by atoms with Crippen molar-refractivity contribution in [2.45, 2.75) is 24.2 Å². The summed E-state index contributed by atoms with van der Waals surface area (Å²) in [6.07, 6.45) is 2.12. The molecule has 0 aliphatic rings. The van der Waals surface area contributed by atoms with Crippen LogP contribution in [0.4, 0.5) is 10.6 Å². The molecule has 0 aliphatic carbocycles. The van der Waals surface area contributed by atoms with E-state index < -0.39 is 24.1 Å². The number of hydrogen-bond acceptors (Lipinski definition) is 8. The van der Waals surface area contributed by atoms with E-state index in [0.717, 1.165) is 0 Å². The predicted molar refractivity (Wildman–Crippen MR) is 80.3 cm³/mol. The van der Waals surface area contributed by atoms with Crippen molar-refractivity contribution in [2.24, 2.45) is 5.73 Å². The number of aliphatic hydroxyl groups excluding tert-OH is 1. The summed E-state index contributed by atoms with van der Waals surface area (Å²) >= 11 is 1.28.